The van der Waals surface area contributed by atoms with Crippen LogP contribution >= 0.6 is 11.6 Å². The summed E-state index contributed by atoms with van der Waals surface area (Å²) in [6.45, 7) is 0. The molecule has 0 radical (unpaired) electrons. The molecular weight excluding hydrogens is 198 g/mol. The van der Waals surface area contributed by atoms with Crippen LogP contribution in [0.3, 0.4) is 0 Å². The predicted octanol–water partition coefficient (Wildman–Crippen LogP) is 2.65. The highest BCUT2D eigenvalue weighted by Gasteiger charge is 2.09. The van der Waals surface area contributed by atoms with Crippen LogP contribution in [0.2, 0.25) is 5.15 Å². The van der Waals surface area contributed by atoms with Crippen LogP contribution in [0.4, 0.5) is 5.82 Å². The highest BCUT2D eigenvalue weighted by Crippen LogP contribution is 2.16. The van der Waals surface area contributed by atoms with Crippen LogP contribution in [-0.4, -0.2) is 16.0 Å². The van der Waals surface area contributed by atoms with E-state index in [1.54, 1.807) is 6.20 Å². The normalized spacial score (nSPS) is 20.8. The molecule has 0 aromatic carbocycles. The Morgan fingerprint density at radius 3 is 3.00 bits per heavy atom. The molecular formula is C10H12ClN3. The maximum absolute atomic E-state index is 5.73. The van der Waals surface area contributed by atoms with Gasteiger partial charge in [0.15, 0.2) is 0 Å². The third kappa shape index (κ3) is 2.45. The molecule has 1 aliphatic rings. The van der Waals surface area contributed by atoms with Crippen LogP contribution in [0.25, 0.3) is 0 Å². The van der Waals surface area contributed by atoms with Gasteiger partial charge in [0.1, 0.15) is 11.0 Å². The van der Waals surface area contributed by atoms with E-state index in [2.05, 4.69) is 27.4 Å². The first kappa shape index (κ1) is 9.46. The van der Waals surface area contributed by atoms with Crippen molar-refractivity contribution in [2.45, 2.75) is 25.3 Å². The summed E-state index contributed by atoms with van der Waals surface area (Å²) in [4.78, 5) is 8.11. The van der Waals surface area contributed by atoms with Gasteiger partial charge in [-0.15, -0.1) is 0 Å². The monoisotopic (exact) mass is 209 g/mol. The van der Waals surface area contributed by atoms with Gasteiger partial charge in [-0.25, -0.2) is 4.98 Å². The van der Waals surface area contributed by atoms with Gasteiger partial charge in [-0.1, -0.05) is 23.8 Å². The minimum absolute atomic E-state index is 0.432. The largest absolute Gasteiger partial charge is 0.366 e. The minimum Gasteiger partial charge on any atom is -0.366 e. The molecule has 1 atom stereocenters. The average Bonchev–Trinajstić information content (AvgIpc) is 2.19. The molecule has 0 aliphatic heterocycles. The van der Waals surface area contributed by atoms with E-state index in [0.29, 0.717) is 11.2 Å². The van der Waals surface area contributed by atoms with Gasteiger partial charge >= 0.3 is 0 Å². The molecule has 0 saturated carbocycles. The number of hydrogen-bond acceptors (Lipinski definition) is 3. The highest BCUT2D eigenvalue weighted by molar-refractivity contribution is 6.29. The Labute approximate surface area is 88.2 Å². The predicted molar refractivity (Wildman–Crippen MR) is 57.4 cm³/mol. The molecule has 0 bridgehead atoms. The number of nitrogens with one attached hydrogen (secondary N) is 1. The topological polar surface area (TPSA) is 37.8 Å². The molecule has 74 valence electrons. The third-order valence-corrected chi connectivity index (χ3v) is 2.41. The summed E-state index contributed by atoms with van der Waals surface area (Å²) in [6, 6.07) is 0.466. The van der Waals surface area contributed by atoms with Crippen molar-refractivity contribution < 1.29 is 0 Å². The van der Waals surface area contributed by atoms with E-state index in [9.17, 15) is 0 Å². The van der Waals surface area contributed by atoms with E-state index >= 15 is 0 Å². The molecule has 14 heavy (non-hydrogen) atoms. The second-order valence-electron chi connectivity index (χ2n) is 3.35. The number of nitrogens with zero attached hydrogens (tertiary/aromatic N) is 2. The van der Waals surface area contributed by atoms with Crippen LogP contribution in [0.1, 0.15) is 19.3 Å². The molecule has 3 nitrogen and oxygen atoms in total. The van der Waals surface area contributed by atoms with E-state index in [1.165, 1.54) is 6.20 Å². The van der Waals surface area contributed by atoms with Gasteiger partial charge in [-0.3, -0.25) is 4.98 Å². The molecule has 4 heteroatoms. The van der Waals surface area contributed by atoms with E-state index in [4.69, 9.17) is 11.6 Å². The Hall–Kier alpha value is -1.09. The van der Waals surface area contributed by atoms with Gasteiger partial charge < -0.3 is 5.32 Å². The van der Waals surface area contributed by atoms with E-state index < -0.39 is 0 Å². The fourth-order valence-corrected chi connectivity index (χ4v) is 1.69. The van der Waals surface area contributed by atoms with E-state index in [0.717, 1.165) is 25.1 Å². The molecule has 1 aliphatic carbocycles. The summed E-state index contributed by atoms with van der Waals surface area (Å²) in [5, 5.41) is 3.74. The first-order valence-corrected chi connectivity index (χ1v) is 5.11. The summed E-state index contributed by atoms with van der Waals surface area (Å²) >= 11 is 5.73. The van der Waals surface area contributed by atoms with Crippen molar-refractivity contribution >= 4 is 17.4 Å². The van der Waals surface area contributed by atoms with Crippen LogP contribution in [0.5, 0.6) is 0 Å². The van der Waals surface area contributed by atoms with Crippen LogP contribution in [0.15, 0.2) is 24.5 Å². The molecule has 2 rings (SSSR count). The molecule has 1 aromatic heterocycles. The maximum Gasteiger partial charge on any atom is 0.149 e. The average molecular weight is 210 g/mol. The number of halogens is 1. The molecule has 1 unspecified atom stereocenters. The number of rotatable bonds is 2. The van der Waals surface area contributed by atoms with Crippen LogP contribution in [0, 0.1) is 0 Å². The summed E-state index contributed by atoms with van der Waals surface area (Å²) in [5.41, 5.74) is 0. The van der Waals surface area contributed by atoms with Crippen molar-refractivity contribution in [3.63, 3.8) is 0 Å². The zero-order chi connectivity index (χ0) is 9.80. The Morgan fingerprint density at radius 1 is 1.36 bits per heavy atom. The molecule has 0 fully saturated rings. The highest BCUT2D eigenvalue weighted by atomic mass is 35.5. The Morgan fingerprint density at radius 2 is 2.29 bits per heavy atom. The van der Waals surface area contributed by atoms with Gasteiger partial charge in [0.25, 0.3) is 0 Å². The first-order valence-electron chi connectivity index (χ1n) is 4.73. The van der Waals surface area contributed by atoms with E-state index in [-0.39, 0.29) is 0 Å². The van der Waals surface area contributed by atoms with Gasteiger partial charge in [0.2, 0.25) is 0 Å². The summed E-state index contributed by atoms with van der Waals surface area (Å²) in [5.74, 6) is 0.762. The van der Waals surface area contributed by atoms with Crippen molar-refractivity contribution in [1.82, 2.24) is 9.97 Å². The second kappa shape index (κ2) is 4.42. The van der Waals surface area contributed by atoms with Crippen LogP contribution in [-0.2, 0) is 0 Å². The van der Waals surface area contributed by atoms with Gasteiger partial charge in [-0.2, -0.15) is 0 Å². The van der Waals surface area contributed by atoms with Crippen molar-refractivity contribution in [3.8, 4) is 0 Å². The molecule has 0 amide bonds. The molecule has 0 saturated heterocycles. The zero-order valence-corrected chi connectivity index (χ0v) is 8.54. The van der Waals surface area contributed by atoms with Gasteiger partial charge in [0, 0.05) is 6.04 Å². The fourth-order valence-electron chi connectivity index (χ4n) is 1.55. The summed E-state index contributed by atoms with van der Waals surface area (Å²) < 4.78 is 0. The van der Waals surface area contributed by atoms with Crippen molar-refractivity contribution in [3.05, 3.63) is 29.7 Å². The van der Waals surface area contributed by atoms with Crippen molar-refractivity contribution in [1.29, 1.82) is 0 Å². The summed E-state index contributed by atoms with van der Waals surface area (Å²) in [6.07, 6.45) is 11.0. The second-order valence-corrected chi connectivity index (χ2v) is 3.74. The fraction of sp³-hybridized carbons (Fsp3) is 0.400. The lowest BCUT2D eigenvalue weighted by molar-refractivity contribution is 0.641. The maximum atomic E-state index is 5.73. The number of allylic oxidation sites excluding steroid dienone is 1. The Balaban J connectivity index is 1.99. The molecule has 1 aromatic rings. The Kier molecular flexibility index (Phi) is 2.99. The smallest absolute Gasteiger partial charge is 0.149 e. The third-order valence-electron chi connectivity index (χ3n) is 2.23. The van der Waals surface area contributed by atoms with Crippen molar-refractivity contribution in [2.75, 3.05) is 5.32 Å². The SMILES string of the molecule is Clc1cncc(NC2CC=CCC2)n1. The minimum atomic E-state index is 0.432. The quantitative estimate of drug-likeness (QED) is 0.761. The molecule has 1 heterocycles. The first-order chi connectivity index (χ1) is 6.84. The molecule has 0 spiro atoms. The standard InChI is InChI=1S/C10H12ClN3/c11-9-6-12-7-10(14-9)13-8-4-2-1-3-5-8/h1-2,6-8H,3-5H2,(H,13,14). The Bertz CT molecular complexity index is 338. The summed E-state index contributed by atoms with van der Waals surface area (Å²) in [7, 11) is 0. The lowest BCUT2D eigenvalue weighted by Gasteiger charge is -2.19. The molecule has 1 N–H and O–H groups in total. The van der Waals surface area contributed by atoms with Crippen molar-refractivity contribution in [2.24, 2.45) is 0 Å². The number of hydrogen-bond donors (Lipinski definition) is 1. The van der Waals surface area contributed by atoms with Crippen LogP contribution < -0.4 is 5.32 Å². The van der Waals surface area contributed by atoms with E-state index in [1.807, 2.05) is 0 Å². The number of aromatic nitrogens is 2. The zero-order valence-electron chi connectivity index (χ0n) is 7.78. The van der Waals surface area contributed by atoms with Gasteiger partial charge in [-0.05, 0) is 19.3 Å². The lowest BCUT2D eigenvalue weighted by atomic mass is 10.0. The number of anilines is 1. The lowest BCUT2D eigenvalue weighted by Crippen LogP contribution is -2.20. The van der Waals surface area contributed by atoms with Gasteiger partial charge in [0.05, 0.1) is 12.4 Å².